The van der Waals surface area contributed by atoms with Crippen LogP contribution < -0.4 is 11.3 Å². The van der Waals surface area contributed by atoms with Crippen LogP contribution in [0.15, 0.2) is 33.8 Å². The molecule has 0 aliphatic heterocycles. The first-order valence-corrected chi connectivity index (χ1v) is 7.63. The molecular formula is C16H17N5O2. The zero-order valence-corrected chi connectivity index (χ0v) is 12.8. The van der Waals surface area contributed by atoms with Gasteiger partial charge in [-0.2, -0.15) is 4.98 Å². The first-order chi connectivity index (χ1) is 11.1. The molecule has 1 fully saturated rings. The van der Waals surface area contributed by atoms with Crippen molar-refractivity contribution in [3.8, 4) is 0 Å². The van der Waals surface area contributed by atoms with Crippen LogP contribution in [0.25, 0.3) is 10.9 Å². The van der Waals surface area contributed by atoms with E-state index in [4.69, 9.17) is 10.3 Å². The first kappa shape index (κ1) is 14.1. The minimum Gasteiger partial charge on any atom is -0.337 e. The lowest BCUT2D eigenvalue weighted by Gasteiger charge is -2.34. The number of nitrogens with two attached hydrogens (primary N) is 1. The Morgan fingerprint density at radius 2 is 2.22 bits per heavy atom. The van der Waals surface area contributed by atoms with Gasteiger partial charge in [-0.1, -0.05) is 17.3 Å². The highest BCUT2D eigenvalue weighted by atomic mass is 16.5. The van der Waals surface area contributed by atoms with E-state index < -0.39 is 5.54 Å². The average Bonchev–Trinajstić information content (AvgIpc) is 2.97. The molecule has 0 amide bonds. The van der Waals surface area contributed by atoms with Crippen LogP contribution in [-0.2, 0) is 12.1 Å². The Morgan fingerprint density at radius 1 is 1.39 bits per heavy atom. The molecule has 7 nitrogen and oxygen atoms in total. The summed E-state index contributed by atoms with van der Waals surface area (Å²) in [5, 5.41) is 4.55. The van der Waals surface area contributed by atoms with Gasteiger partial charge < -0.3 is 10.3 Å². The molecule has 3 aromatic rings. The number of hydrogen-bond acceptors (Lipinski definition) is 6. The highest BCUT2D eigenvalue weighted by molar-refractivity contribution is 5.80. The van der Waals surface area contributed by atoms with E-state index in [0.717, 1.165) is 30.3 Å². The molecular weight excluding hydrogens is 294 g/mol. The Morgan fingerprint density at radius 3 is 2.96 bits per heavy atom. The number of aromatic nitrogens is 4. The maximum Gasteiger partial charge on any atom is 0.261 e. The van der Waals surface area contributed by atoms with E-state index in [-0.39, 0.29) is 12.1 Å². The number of aryl methyl sites for hydroxylation is 1. The van der Waals surface area contributed by atoms with E-state index in [2.05, 4.69) is 15.1 Å². The lowest BCUT2D eigenvalue weighted by molar-refractivity contribution is 0.228. The van der Waals surface area contributed by atoms with Crippen LogP contribution in [-0.4, -0.2) is 19.7 Å². The van der Waals surface area contributed by atoms with E-state index >= 15 is 0 Å². The van der Waals surface area contributed by atoms with Crippen molar-refractivity contribution in [1.29, 1.82) is 0 Å². The van der Waals surface area contributed by atoms with E-state index in [1.807, 2.05) is 19.1 Å². The van der Waals surface area contributed by atoms with Crippen LogP contribution >= 0.6 is 0 Å². The van der Waals surface area contributed by atoms with Gasteiger partial charge in [0.15, 0.2) is 5.82 Å². The quantitative estimate of drug-likeness (QED) is 0.786. The van der Waals surface area contributed by atoms with Gasteiger partial charge in [-0.25, -0.2) is 4.98 Å². The second-order valence-electron chi connectivity index (χ2n) is 6.17. The normalized spacial score (nSPS) is 16.4. The molecule has 1 saturated carbocycles. The number of hydrogen-bond donors (Lipinski definition) is 1. The molecule has 1 aliphatic carbocycles. The van der Waals surface area contributed by atoms with Crippen molar-refractivity contribution in [2.75, 3.05) is 0 Å². The Bertz CT molecular complexity index is 939. The maximum absolute atomic E-state index is 12.6. The Balaban J connectivity index is 1.68. The van der Waals surface area contributed by atoms with E-state index in [9.17, 15) is 4.79 Å². The Labute approximate surface area is 132 Å². The van der Waals surface area contributed by atoms with Crippen LogP contribution in [0.2, 0.25) is 0 Å². The first-order valence-electron chi connectivity index (χ1n) is 7.63. The molecule has 1 aliphatic rings. The van der Waals surface area contributed by atoms with Gasteiger partial charge in [0.25, 0.3) is 5.56 Å². The standard InChI is InChI=1S/C16H17N5O2/c1-10-4-2-5-11-13(10)18-9-21(14(11)22)8-12-19-15(20-23-12)16(17)6-3-7-16/h2,4-5,9H,3,6-8,17H2,1H3. The molecule has 0 spiro atoms. The van der Waals surface area contributed by atoms with Crippen molar-refractivity contribution < 1.29 is 4.52 Å². The smallest absolute Gasteiger partial charge is 0.261 e. The summed E-state index contributed by atoms with van der Waals surface area (Å²) in [5.41, 5.74) is 7.29. The van der Waals surface area contributed by atoms with Crippen LogP contribution in [0.4, 0.5) is 0 Å². The summed E-state index contributed by atoms with van der Waals surface area (Å²) in [6.45, 7) is 2.13. The summed E-state index contributed by atoms with van der Waals surface area (Å²) in [6, 6.07) is 5.56. The van der Waals surface area contributed by atoms with E-state index in [1.54, 1.807) is 6.07 Å². The highest BCUT2D eigenvalue weighted by Crippen LogP contribution is 2.36. The van der Waals surface area contributed by atoms with Crippen molar-refractivity contribution in [3.05, 3.63) is 52.2 Å². The van der Waals surface area contributed by atoms with E-state index in [0.29, 0.717) is 17.1 Å². The Kier molecular flexibility index (Phi) is 3.05. The SMILES string of the molecule is Cc1cccc2c(=O)n(Cc3nc(C4(N)CCC4)no3)cnc12. The fraction of sp³-hybridized carbons (Fsp3) is 0.375. The summed E-state index contributed by atoms with van der Waals surface area (Å²) < 4.78 is 6.73. The minimum atomic E-state index is -0.467. The number of rotatable bonds is 3. The van der Waals surface area contributed by atoms with Gasteiger partial charge in [0.1, 0.15) is 6.54 Å². The molecule has 0 saturated heterocycles. The molecule has 0 atom stereocenters. The number of fused-ring (bicyclic) bond motifs is 1. The number of para-hydroxylation sites is 1. The molecule has 0 bridgehead atoms. The lowest BCUT2D eigenvalue weighted by Crippen LogP contribution is -2.44. The molecule has 118 valence electrons. The van der Waals surface area contributed by atoms with Gasteiger partial charge in [0.2, 0.25) is 5.89 Å². The molecule has 0 unspecified atom stereocenters. The second-order valence-corrected chi connectivity index (χ2v) is 6.17. The molecule has 23 heavy (non-hydrogen) atoms. The van der Waals surface area contributed by atoms with E-state index in [1.165, 1.54) is 10.9 Å². The monoisotopic (exact) mass is 311 g/mol. The summed E-state index contributed by atoms with van der Waals surface area (Å²) in [5.74, 6) is 0.893. The molecule has 4 rings (SSSR count). The predicted molar refractivity (Wildman–Crippen MR) is 83.9 cm³/mol. The minimum absolute atomic E-state index is 0.121. The summed E-state index contributed by atoms with van der Waals surface area (Å²) in [4.78, 5) is 21.3. The van der Waals surface area contributed by atoms with Gasteiger partial charge in [-0.15, -0.1) is 0 Å². The summed E-state index contributed by atoms with van der Waals surface area (Å²) >= 11 is 0. The van der Waals surface area contributed by atoms with Gasteiger partial charge in [0.05, 0.1) is 22.8 Å². The molecule has 2 heterocycles. The zero-order chi connectivity index (χ0) is 16.0. The molecule has 2 N–H and O–H groups in total. The summed E-state index contributed by atoms with van der Waals surface area (Å²) in [7, 11) is 0. The number of benzene rings is 1. The van der Waals surface area contributed by atoms with Crippen molar-refractivity contribution in [2.24, 2.45) is 5.73 Å². The van der Waals surface area contributed by atoms with Crippen LogP contribution in [0, 0.1) is 6.92 Å². The summed E-state index contributed by atoms with van der Waals surface area (Å²) in [6.07, 6.45) is 4.32. The van der Waals surface area contributed by atoms with Gasteiger partial charge in [-0.05, 0) is 37.8 Å². The zero-order valence-electron chi connectivity index (χ0n) is 12.8. The van der Waals surface area contributed by atoms with Crippen molar-refractivity contribution in [1.82, 2.24) is 19.7 Å². The fourth-order valence-corrected chi connectivity index (χ4v) is 2.90. The number of nitrogens with zero attached hydrogens (tertiary/aromatic N) is 4. The largest absolute Gasteiger partial charge is 0.337 e. The fourth-order valence-electron chi connectivity index (χ4n) is 2.90. The van der Waals surface area contributed by atoms with Crippen molar-refractivity contribution in [3.63, 3.8) is 0 Å². The molecule has 0 radical (unpaired) electrons. The topological polar surface area (TPSA) is 99.8 Å². The Hall–Kier alpha value is -2.54. The third-order valence-electron chi connectivity index (χ3n) is 4.52. The van der Waals surface area contributed by atoms with Crippen LogP contribution in [0.1, 0.15) is 36.5 Å². The lowest BCUT2D eigenvalue weighted by atomic mass is 9.77. The molecule has 7 heteroatoms. The van der Waals surface area contributed by atoms with Crippen molar-refractivity contribution in [2.45, 2.75) is 38.3 Å². The average molecular weight is 311 g/mol. The van der Waals surface area contributed by atoms with Crippen molar-refractivity contribution >= 4 is 10.9 Å². The van der Waals surface area contributed by atoms with Gasteiger partial charge in [-0.3, -0.25) is 9.36 Å². The third kappa shape index (κ3) is 2.24. The van der Waals surface area contributed by atoms with Crippen LogP contribution in [0.3, 0.4) is 0 Å². The predicted octanol–water partition coefficient (Wildman–Crippen LogP) is 1.47. The molecule has 2 aromatic heterocycles. The van der Waals surface area contributed by atoms with Gasteiger partial charge >= 0.3 is 0 Å². The molecule has 1 aromatic carbocycles. The van der Waals surface area contributed by atoms with Crippen LogP contribution in [0.5, 0.6) is 0 Å². The second kappa shape index (κ2) is 4.99. The maximum atomic E-state index is 12.6. The third-order valence-corrected chi connectivity index (χ3v) is 4.52. The highest BCUT2D eigenvalue weighted by Gasteiger charge is 2.38. The van der Waals surface area contributed by atoms with Gasteiger partial charge in [0, 0.05) is 0 Å².